The Morgan fingerprint density at radius 1 is 1.11 bits per heavy atom. The Morgan fingerprint density at radius 2 is 1.89 bits per heavy atom. The maximum atomic E-state index is 5.63. The summed E-state index contributed by atoms with van der Waals surface area (Å²) in [5.41, 5.74) is 1.13. The Morgan fingerprint density at radius 3 is 2.61 bits per heavy atom. The zero-order chi connectivity index (χ0) is 12.8. The molecule has 0 unspecified atom stereocenters. The zero-order valence-electron chi connectivity index (χ0n) is 9.70. The molecule has 94 valence electrons. The zero-order valence-corrected chi connectivity index (χ0v) is 13.4. The van der Waals surface area contributed by atoms with Gasteiger partial charge in [0, 0.05) is 20.3 Å². The third-order valence-corrected chi connectivity index (χ3v) is 3.54. The lowest BCUT2D eigenvalue weighted by molar-refractivity contribution is 0.333. The minimum Gasteiger partial charge on any atom is -0.492 e. The molecule has 0 aliphatic heterocycles. The van der Waals surface area contributed by atoms with Crippen molar-refractivity contribution in [1.29, 1.82) is 0 Å². The molecule has 2 aromatic rings. The Bertz CT molecular complexity index is 501. The third-order valence-electron chi connectivity index (χ3n) is 2.34. The number of anilines is 1. The van der Waals surface area contributed by atoms with E-state index in [9.17, 15) is 0 Å². The second-order valence-corrected chi connectivity index (χ2v) is 5.90. The maximum absolute atomic E-state index is 5.63. The number of hydrogen-bond acceptors (Lipinski definition) is 2. The molecule has 18 heavy (non-hydrogen) atoms. The van der Waals surface area contributed by atoms with Crippen LogP contribution in [-0.4, -0.2) is 13.2 Å². The first-order valence-corrected chi connectivity index (χ1v) is 7.49. The van der Waals surface area contributed by atoms with Crippen LogP contribution in [0.1, 0.15) is 0 Å². The van der Waals surface area contributed by atoms with Crippen LogP contribution in [0.25, 0.3) is 0 Å². The summed E-state index contributed by atoms with van der Waals surface area (Å²) in [6, 6.07) is 16.1. The molecule has 0 atom stereocenters. The fourth-order valence-electron chi connectivity index (χ4n) is 1.49. The van der Waals surface area contributed by atoms with Crippen LogP contribution in [0, 0.1) is 3.57 Å². The fourth-order valence-corrected chi connectivity index (χ4v) is 2.30. The monoisotopic (exact) mass is 417 g/mol. The van der Waals surface area contributed by atoms with Gasteiger partial charge in [-0.05, 0) is 65.1 Å². The Balaban J connectivity index is 1.74. The van der Waals surface area contributed by atoms with Gasteiger partial charge in [0.2, 0.25) is 0 Å². The summed E-state index contributed by atoms with van der Waals surface area (Å²) in [6.45, 7) is 1.43. The van der Waals surface area contributed by atoms with Gasteiger partial charge in [-0.15, -0.1) is 0 Å². The molecule has 2 aromatic carbocycles. The maximum Gasteiger partial charge on any atom is 0.119 e. The van der Waals surface area contributed by atoms with Gasteiger partial charge in [0.1, 0.15) is 12.4 Å². The molecular formula is C14H13BrINO. The first-order chi connectivity index (χ1) is 8.74. The van der Waals surface area contributed by atoms with Gasteiger partial charge < -0.3 is 10.1 Å². The van der Waals surface area contributed by atoms with E-state index in [-0.39, 0.29) is 0 Å². The highest BCUT2D eigenvalue weighted by atomic mass is 127. The molecule has 0 amide bonds. The molecule has 0 saturated heterocycles. The smallest absolute Gasteiger partial charge is 0.119 e. The summed E-state index contributed by atoms with van der Waals surface area (Å²) in [6.07, 6.45) is 0. The van der Waals surface area contributed by atoms with Gasteiger partial charge in [0.05, 0.1) is 0 Å². The highest BCUT2D eigenvalue weighted by Gasteiger charge is 1.95. The van der Waals surface area contributed by atoms with Crippen molar-refractivity contribution in [2.45, 2.75) is 0 Å². The van der Waals surface area contributed by atoms with Crippen molar-refractivity contribution in [2.75, 3.05) is 18.5 Å². The Labute approximate surface area is 129 Å². The van der Waals surface area contributed by atoms with E-state index in [2.05, 4.69) is 62.0 Å². The molecule has 0 spiro atoms. The molecule has 0 fully saturated rings. The number of rotatable bonds is 5. The van der Waals surface area contributed by atoms with Gasteiger partial charge in [-0.25, -0.2) is 0 Å². The predicted molar refractivity (Wildman–Crippen MR) is 87.3 cm³/mol. The lowest BCUT2D eigenvalue weighted by Gasteiger charge is -2.08. The fraction of sp³-hybridized carbons (Fsp3) is 0.143. The van der Waals surface area contributed by atoms with Gasteiger partial charge in [0.25, 0.3) is 0 Å². The van der Waals surface area contributed by atoms with Crippen LogP contribution in [0.3, 0.4) is 0 Å². The number of nitrogens with one attached hydrogen (secondary N) is 1. The van der Waals surface area contributed by atoms with Crippen LogP contribution in [0.15, 0.2) is 53.0 Å². The van der Waals surface area contributed by atoms with Gasteiger partial charge in [0.15, 0.2) is 0 Å². The number of benzene rings is 2. The first-order valence-electron chi connectivity index (χ1n) is 5.62. The molecule has 2 rings (SSSR count). The summed E-state index contributed by atoms with van der Waals surface area (Å²) in [4.78, 5) is 0. The average molecular weight is 418 g/mol. The minimum absolute atomic E-state index is 0.646. The van der Waals surface area contributed by atoms with E-state index in [4.69, 9.17) is 4.74 Å². The lowest BCUT2D eigenvalue weighted by Crippen LogP contribution is -2.11. The van der Waals surface area contributed by atoms with Crippen molar-refractivity contribution in [3.63, 3.8) is 0 Å². The van der Waals surface area contributed by atoms with Crippen LogP contribution in [0.2, 0.25) is 0 Å². The van der Waals surface area contributed by atoms with E-state index >= 15 is 0 Å². The van der Waals surface area contributed by atoms with Crippen molar-refractivity contribution in [3.8, 4) is 5.75 Å². The molecule has 0 saturated carbocycles. The molecule has 4 heteroatoms. The first kappa shape index (κ1) is 13.7. The summed E-state index contributed by atoms with van der Waals surface area (Å²) < 4.78 is 7.92. The highest BCUT2D eigenvalue weighted by molar-refractivity contribution is 14.1. The summed E-state index contributed by atoms with van der Waals surface area (Å²) in [5, 5.41) is 3.33. The van der Waals surface area contributed by atoms with E-state index in [0.717, 1.165) is 22.5 Å². The molecule has 0 radical (unpaired) electrons. The summed E-state index contributed by atoms with van der Waals surface area (Å²) >= 11 is 5.70. The standard InChI is InChI=1S/C14H13BrINO/c15-11-4-6-14(7-5-11)18-9-8-17-13-3-1-2-12(16)10-13/h1-7,10,17H,8-9H2. The van der Waals surface area contributed by atoms with Gasteiger partial charge >= 0.3 is 0 Å². The SMILES string of the molecule is Brc1ccc(OCCNc2cccc(I)c2)cc1. The molecule has 1 N–H and O–H groups in total. The van der Waals surface area contributed by atoms with Crippen LogP contribution < -0.4 is 10.1 Å². The normalized spacial score (nSPS) is 10.1. The van der Waals surface area contributed by atoms with Crippen LogP contribution in [-0.2, 0) is 0 Å². The third kappa shape index (κ3) is 4.49. The number of halogens is 2. The predicted octanol–water partition coefficient (Wildman–Crippen LogP) is 4.54. The van der Waals surface area contributed by atoms with E-state index in [1.165, 1.54) is 3.57 Å². The Kier molecular flexibility index (Phi) is 5.31. The molecule has 0 bridgehead atoms. The second kappa shape index (κ2) is 6.99. The molecular weight excluding hydrogens is 405 g/mol. The van der Waals surface area contributed by atoms with Crippen molar-refractivity contribution in [2.24, 2.45) is 0 Å². The van der Waals surface area contributed by atoms with Gasteiger partial charge in [-0.1, -0.05) is 22.0 Å². The average Bonchev–Trinajstić information content (AvgIpc) is 2.37. The summed E-state index contributed by atoms with van der Waals surface area (Å²) in [7, 11) is 0. The largest absolute Gasteiger partial charge is 0.492 e. The van der Waals surface area contributed by atoms with Crippen LogP contribution in [0.4, 0.5) is 5.69 Å². The quantitative estimate of drug-likeness (QED) is 0.569. The Hall–Kier alpha value is -0.750. The van der Waals surface area contributed by atoms with Gasteiger partial charge in [-0.2, -0.15) is 0 Å². The topological polar surface area (TPSA) is 21.3 Å². The minimum atomic E-state index is 0.646. The molecule has 0 aliphatic rings. The molecule has 0 heterocycles. The van der Waals surface area contributed by atoms with Crippen LogP contribution in [0.5, 0.6) is 5.75 Å². The molecule has 0 aliphatic carbocycles. The van der Waals surface area contributed by atoms with Crippen molar-refractivity contribution >= 4 is 44.2 Å². The van der Waals surface area contributed by atoms with Crippen molar-refractivity contribution < 1.29 is 4.74 Å². The molecule has 0 aromatic heterocycles. The second-order valence-electron chi connectivity index (χ2n) is 3.74. The van der Waals surface area contributed by atoms with E-state index in [1.807, 2.05) is 30.3 Å². The number of ether oxygens (including phenoxy) is 1. The number of hydrogen-bond donors (Lipinski definition) is 1. The highest BCUT2D eigenvalue weighted by Crippen LogP contribution is 2.16. The van der Waals surface area contributed by atoms with Crippen molar-refractivity contribution in [3.05, 3.63) is 56.6 Å². The van der Waals surface area contributed by atoms with Gasteiger partial charge in [-0.3, -0.25) is 0 Å². The lowest BCUT2D eigenvalue weighted by atomic mass is 10.3. The molecule has 2 nitrogen and oxygen atoms in total. The van der Waals surface area contributed by atoms with Crippen molar-refractivity contribution in [1.82, 2.24) is 0 Å². The van der Waals surface area contributed by atoms with E-state index in [0.29, 0.717) is 6.61 Å². The van der Waals surface area contributed by atoms with Crippen LogP contribution >= 0.6 is 38.5 Å². The van der Waals surface area contributed by atoms with E-state index in [1.54, 1.807) is 0 Å². The van der Waals surface area contributed by atoms with E-state index < -0.39 is 0 Å². The summed E-state index contributed by atoms with van der Waals surface area (Å²) in [5.74, 6) is 0.891.